The van der Waals surface area contributed by atoms with Gasteiger partial charge >= 0.3 is 0 Å². The maximum Gasteiger partial charge on any atom is 0.269 e. The highest BCUT2D eigenvalue weighted by Crippen LogP contribution is 2.18. The normalized spacial score (nSPS) is 11.3. The fourth-order valence-corrected chi connectivity index (χ4v) is 2.26. The van der Waals surface area contributed by atoms with Crippen molar-refractivity contribution >= 4 is 5.69 Å². The van der Waals surface area contributed by atoms with E-state index < -0.39 is 4.92 Å². The molecule has 0 saturated carbocycles. The molecular formula is C19H24N4O3. The van der Waals surface area contributed by atoms with Gasteiger partial charge in [0.2, 0.25) is 0 Å². The van der Waals surface area contributed by atoms with Crippen LogP contribution < -0.4 is 4.74 Å². The van der Waals surface area contributed by atoms with Crippen molar-refractivity contribution in [3.63, 3.8) is 0 Å². The first kappa shape index (κ1) is 19.4. The third-order valence-electron chi connectivity index (χ3n) is 3.74. The summed E-state index contributed by atoms with van der Waals surface area (Å²) in [4.78, 5) is 10.2. The van der Waals surface area contributed by atoms with Gasteiger partial charge in [-0.1, -0.05) is 28.5 Å². The van der Waals surface area contributed by atoms with Gasteiger partial charge in [0.25, 0.3) is 5.69 Å². The summed E-state index contributed by atoms with van der Waals surface area (Å²) >= 11 is 0. The van der Waals surface area contributed by atoms with Crippen molar-refractivity contribution in [2.75, 3.05) is 0 Å². The third-order valence-corrected chi connectivity index (χ3v) is 3.74. The minimum atomic E-state index is -0.440. The number of hydrogen-bond donors (Lipinski definition) is 0. The summed E-state index contributed by atoms with van der Waals surface area (Å²) in [6.07, 6.45) is 8.31. The molecule has 0 fully saturated rings. The predicted molar refractivity (Wildman–Crippen MR) is 99.9 cm³/mol. The summed E-state index contributed by atoms with van der Waals surface area (Å²) in [5.74, 6) is 0.556. The van der Waals surface area contributed by atoms with Gasteiger partial charge in [-0.3, -0.25) is 10.1 Å². The maximum absolute atomic E-state index is 10.6. The molecule has 7 heteroatoms. The highest BCUT2D eigenvalue weighted by Gasteiger charge is 2.06. The Morgan fingerprint density at radius 1 is 1.23 bits per heavy atom. The van der Waals surface area contributed by atoms with E-state index in [0.29, 0.717) is 18.0 Å². The molecule has 1 aromatic heterocycles. The van der Waals surface area contributed by atoms with E-state index >= 15 is 0 Å². The van der Waals surface area contributed by atoms with Crippen LogP contribution in [-0.4, -0.2) is 19.9 Å². The molecule has 2 aromatic rings. The molecule has 0 bridgehead atoms. The van der Waals surface area contributed by atoms with Crippen LogP contribution in [0.25, 0.3) is 0 Å². The molecule has 138 valence electrons. The van der Waals surface area contributed by atoms with Crippen molar-refractivity contribution in [2.24, 2.45) is 0 Å². The van der Waals surface area contributed by atoms with E-state index in [2.05, 4.69) is 43.2 Å². The average molecular weight is 356 g/mol. The van der Waals surface area contributed by atoms with E-state index in [9.17, 15) is 10.1 Å². The van der Waals surface area contributed by atoms with Gasteiger partial charge in [0.05, 0.1) is 17.7 Å². The number of ether oxygens (including phenoxy) is 1. The van der Waals surface area contributed by atoms with Gasteiger partial charge in [0.15, 0.2) is 0 Å². The Hall–Kier alpha value is -2.96. The number of non-ortho nitro benzene ring substituents is 1. The van der Waals surface area contributed by atoms with E-state index in [4.69, 9.17) is 4.74 Å². The monoisotopic (exact) mass is 356 g/mol. The van der Waals surface area contributed by atoms with Crippen molar-refractivity contribution in [1.29, 1.82) is 0 Å². The predicted octanol–water partition coefficient (Wildman–Crippen LogP) is 4.46. The van der Waals surface area contributed by atoms with Gasteiger partial charge in [0.1, 0.15) is 18.1 Å². The largest absolute Gasteiger partial charge is 0.487 e. The van der Waals surface area contributed by atoms with E-state index in [1.54, 1.807) is 16.8 Å². The number of aromatic nitrogens is 3. The van der Waals surface area contributed by atoms with Crippen molar-refractivity contribution in [3.05, 3.63) is 69.6 Å². The Labute approximate surface area is 153 Å². The SMILES string of the molecule is CC(C)=CCCC(C)=CCn1cc(COc2ccc([N+](=O)[O-])cc2)nn1. The molecule has 0 atom stereocenters. The van der Waals surface area contributed by atoms with E-state index in [1.165, 1.54) is 23.3 Å². The first-order chi connectivity index (χ1) is 12.4. The highest BCUT2D eigenvalue weighted by molar-refractivity contribution is 5.36. The fraction of sp³-hybridized carbons (Fsp3) is 0.368. The second-order valence-corrected chi connectivity index (χ2v) is 6.34. The number of rotatable bonds is 9. The van der Waals surface area contributed by atoms with Gasteiger partial charge in [-0.05, 0) is 45.7 Å². The van der Waals surface area contributed by atoms with Crippen LogP contribution in [-0.2, 0) is 13.2 Å². The Morgan fingerprint density at radius 3 is 2.62 bits per heavy atom. The molecule has 0 N–H and O–H groups in total. The van der Waals surface area contributed by atoms with Gasteiger partial charge in [0, 0.05) is 12.1 Å². The standard InChI is InChI=1S/C19H24N4O3/c1-15(2)5-4-6-16(3)11-12-22-13-17(20-21-22)14-26-19-9-7-18(8-10-19)23(24)25/h5,7-11,13H,4,6,12,14H2,1-3H3. The van der Waals surface area contributed by atoms with Crippen molar-refractivity contribution in [3.8, 4) is 5.75 Å². The Balaban J connectivity index is 1.81. The Morgan fingerprint density at radius 2 is 1.96 bits per heavy atom. The van der Waals surface area contributed by atoms with Crippen LogP contribution in [0.5, 0.6) is 5.75 Å². The number of allylic oxidation sites excluding steroid dienone is 4. The molecule has 0 aliphatic rings. The molecule has 0 unspecified atom stereocenters. The summed E-state index contributed by atoms with van der Waals surface area (Å²) in [7, 11) is 0. The number of hydrogen-bond acceptors (Lipinski definition) is 5. The molecule has 2 rings (SSSR count). The van der Waals surface area contributed by atoms with Crippen LogP contribution in [0, 0.1) is 10.1 Å². The van der Waals surface area contributed by atoms with E-state index in [-0.39, 0.29) is 12.3 Å². The van der Waals surface area contributed by atoms with Crippen molar-refractivity contribution < 1.29 is 9.66 Å². The molecule has 0 radical (unpaired) electrons. The zero-order valence-electron chi connectivity index (χ0n) is 15.4. The molecule has 0 aliphatic heterocycles. The molecule has 0 aliphatic carbocycles. The van der Waals surface area contributed by atoms with Crippen LogP contribution in [0.1, 0.15) is 39.3 Å². The molecule has 0 spiro atoms. The Bertz CT molecular complexity index is 787. The average Bonchev–Trinajstić information content (AvgIpc) is 3.06. The van der Waals surface area contributed by atoms with Crippen molar-refractivity contribution in [2.45, 2.75) is 46.8 Å². The molecule has 1 aromatic carbocycles. The smallest absolute Gasteiger partial charge is 0.269 e. The first-order valence-electron chi connectivity index (χ1n) is 8.49. The number of nitro benzene ring substituents is 1. The van der Waals surface area contributed by atoms with Crippen LogP contribution in [0.3, 0.4) is 0 Å². The molecule has 1 heterocycles. The molecular weight excluding hydrogens is 332 g/mol. The lowest BCUT2D eigenvalue weighted by molar-refractivity contribution is -0.384. The summed E-state index contributed by atoms with van der Waals surface area (Å²) in [6.45, 7) is 7.27. The van der Waals surface area contributed by atoms with Gasteiger partial charge in [-0.25, -0.2) is 4.68 Å². The first-order valence-corrected chi connectivity index (χ1v) is 8.49. The van der Waals surface area contributed by atoms with Gasteiger partial charge < -0.3 is 4.74 Å². The lowest BCUT2D eigenvalue weighted by atomic mass is 10.1. The zero-order valence-corrected chi connectivity index (χ0v) is 15.4. The van der Waals surface area contributed by atoms with E-state index in [0.717, 1.165) is 12.8 Å². The quantitative estimate of drug-likeness (QED) is 0.376. The van der Waals surface area contributed by atoms with E-state index in [1.807, 2.05) is 6.20 Å². The lowest BCUT2D eigenvalue weighted by Crippen LogP contribution is -1.97. The highest BCUT2D eigenvalue weighted by atomic mass is 16.6. The number of nitro groups is 1. The summed E-state index contributed by atoms with van der Waals surface area (Å²) < 4.78 is 7.34. The fourth-order valence-electron chi connectivity index (χ4n) is 2.26. The second kappa shape index (κ2) is 9.50. The number of nitrogens with zero attached hydrogens (tertiary/aromatic N) is 4. The minimum absolute atomic E-state index is 0.0371. The minimum Gasteiger partial charge on any atom is -0.487 e. The lowest BCUT2D eigenvalue weighted by Gasteiger charge is -2.03. The molecule has 0 amide bonds. The second-order valence-electron chi connectivity index (χ2n) is 6.34. The molecule has 0 saturated heterocycles. The molecule has 7 nitrogen and oxygen atoms in total. The van der Waals surface area contributed by atoms with Crippen LogP contribution in [0.15, 0.2) is 53.8 Å². The maximum atomic E-state index is 10.6. The topological polar surface area (TPSA) is 83.1 Å². The van der Waals surface area contributed by atoms with Crippen LogP contribution in [0.2, 0.25) is 0 Å². The van der Waals surface area contributed by atoms with Gasteiger partial charge in [-0.15, -0.1) is 5.10 Å². The zero-order chi connectivity index (χ0) is 18.9. The summed E-state index contributed by atoms with van der Waals surface area (Å²) in [5, 5.41) is 18.8. The summed E-state index contributed by atoms with van der Waals surface area (Å²) in [5.41, 5.74) is 3.41. The summed E-state index contributed by atoms with van der Waals surface area (Å²) in [6, 6.07) is 5.96. The van der Waals surface area contributed by atoms with Gasteiger partial charge in [-0.2, -0.15) is 0 Å². The van der Waals surface area contributed by atoms with Crippen LogP contribution in [0.4, 0.5) is 5.69 Å². The van der Waals surface area contributed by atoms with Crippen LogP contribution >= 0.6 is 0 Å². The molecule has 26 heavy (non-hydrogen) atoms. The van der Waals surface area contributed by atoms with Crippen molar-refractivity contribution in [1.82, 2.24) is 15.0 Å². The Kier molecular flexibility index (Phi) is 7.08. The number of benzene rings is 1. The third kappa shape index (κ3) is 6.51.